The summed E-state index contributed by atoms with van der Waals surface area (Å²) in [5, 5.41) is 7.23. The van der Waals surface area contributed by atoms with Gasteiger partial charge in [0, 0.05) is 65.2 Å². The van der Waals surface area contributed by atoms with Crippen LogP contribution in [-0.2, 0) is 0 Å². The first-order valence-electron chi connectivity index (χ1n) is 12.5. The first-order chi connectivity index (χ1) is 18.7. The van der Waals surface area contributed by atoms with E-state index in [2.05, 4.69) is 30.6 Å². The molecule has 0 saturated carbocycles. The van der Waals surface area contributed by atoms with Gasteiger partial charge in [-0.15, -0.1) is 0 Å². The molecule has 0 unspecified atom stereocenters. The number of halogens is 2. The summed E-state index contributed by atoms with van der Waals surface area (Å²) in [6.07, 6.45) is 1.64. The highest BCUT2D eigenvalue weighted by molar-refractivity contribution is 6.33. The fraction of sp³-hybridized carbons (Fsp3) is 0.296. The van der Waals surface area contributed by atoms with Gasteiger partial charge < -0.3 is 25.4 Å². The molecule has 1 aromatic carbocycles. The van der Waals surface area contributed by atoms with Crippen LogP contribution >= 0.6 is 23.2 Å². The van der Waals surface area contributed by atoms with Crippen LogP contribution < -0.4 is 21.1 Å². The van der Waals surface area contributed by atoms with Gasteiger partial charge in [-0.2, -0.15) is 4.98 Å². The van der Waals surface area contributed by atoms with Crippen LogP contribution in [0.25, 0.3) is 22.2 Å². The maximum absolute atomic E-state index is 13.1. The minimum Gasteiger partial charge on any atom is -0.357 e. The molecule has 0 fully saturated rings. The normalized spacial score (nSPS) is 11.2. The Balaban J connectivity index is 1.61. The van der Waals surface area contributed by atoms with Crippen LogP contribution in [-0.4, -0.2) is 71.0 Å². The van der Waals surface area contributed by atoms with Crippen LogP contribution in [0.15, 0.2) is 47.4 Å². The van der Waals surface area contributed by atoms with E-state index >= 15 is 0 Å². The lowest BCUT2D eigenvalue weighted by Gasteiger charge is -2.20. The monoisotopic (exact) mass is 568 g/mol. The molecule has 4 aromatic rings. The number of hydrogen-bond donors (Lipinski definition) is 3. The van der Waals surface area contributed by atoms with Gasteiger partial charge in [0.1, 0.15) is 16.6 Å². The lowest BCUT2D eigenvalue weighted by atomic mass is 10.1. The summed E-state index contributed by atoms with van der Waals surface area (Å²) in [7, 11) is 3.96. The van der Waals surface area contributed by atoms with Gasteiger partial charge in [-0.25, -0.2) is 9.97 Å². The predicted octanol–water partition coefficient (Wildman–Crippen LogP) is 4.76. The van der Waals surface area contributed by atoms with Crippen molar-refractivity contribution >= 4 is 57.6 Å². The molecule has 1 amide bonds. The zero-order valence-electron chi connectivity index (χ0n) is 22.2. The minimum atomic E-state index is -0.365. The number of aromatic amines is 1. The van der Waals surface area contributed by atoms with E-state index in [0.717, 1.165) is 19.6 Å². The molecule has 3 heterocycles. The van der Waals surface area contributed by atoms with E-state index in [-0.39, 0.29) is 16.6 Å². The standard InChI is InChI=1S/C27H30Cl2N8O2/c1-5-37(6-2)23-13-16(12-22(29)33-23)25(38)32-18-7-8-21(28)19(14-18)20-11-17-15-31-27(30-9-10-36(3)4)35-24(17)34-26(20)39/h7-8,11-15H,5-6,9-10H2,1-4H3,(H,32,38)(H2,30,31,34,35,39). The second kappa shape index (κ2) is 12.4. The molecule has 0 aliphatic rings. The van der Waals surface area contributed by atoms with Crippen LogP contribution in [0.5, 0.6) is 0 Å². The van der Waals surface area contributed by atoms with Gasteiger partial charge in [0.2, 0.25) is 5.95 Å². The lowest BCUT2D eigenvalue weighted by molar-refractivity contribution is 0.102. The average molecular weight is 569 g/mol. The number of likely N-dealkylation sites (N-methyl/N-ethyl adjacent to an activating group) is 1. The number of anilines is 3. The Kier molecular flexibility index (Phi) is 9.01. The van der Waals surface area contributed by atoms with Gasteiger partial charge in [-0.05, 0) is 64.3 Å². The minimum absolute atomic E-state index is 0.224. The summed E-state index contributed by atoms with van der Waals surface area (Å²) < 4.78 is 0. The van der Waals surface area contributed by atoms with E-state index in [1.54, 1.807) is 36.5 Å². The molecule has 39 heavy (non-hydrogen) atoms. The number of nitrogens with zero attached hydrogens (tertiary/aromatic N) is 5. The zero-order valence-corrected chi connectivity index (χ0v) is 23.7. The molecular formula is C27H30Cl2N8O2. The molecular weight excluding hydrogens is 539 g/mol. The molecule has 0 aliphatic carbocycles. The van der Waals surface area contributed by atoms with E-state index in [4.69, 9.17) is 23.2 Å². The molecule has 3 N–H and O–H groups in total. The number of pyridine rings is 2. The number of fused-ring (bicyclic) bond motifs is 1. The van der Waals surface area contributed by atoms with Crippen LogP contribution in [0.1, 0.15) is 24.2 Å². The lowest BCUT2D eigenvalue weighted by Crippen LogP contribution is -2.24. The Morgan fingerprint density at radius 2 is 1.79 bits per heavy atom. The molecule has 0 spiro atoms. The van der Waals surface area contributed by atoms with E-state index in [0.29, 0.717) is 56.7 Å². The molecule has 3 aromatic heterocycles. The summed E-state index contributed by atoms with van der Waals surface area (Å²) in [6, 6.07) is 9.85. The molecule has 0 saturated heterocycles. The van der Waals surface area contributed by atoms with Gasteiger partial charge in [-0.1, -0.05) is 23.2 Å². The van der Waals surface area contributed by atoms with Crippen molar-refractivity contribution < 1.29 is 4.79 Å². The van der Waals surface area contributed by atoms with Gasteiger partial charge in [0.15, 0.2) is 0 Å². The number of aromatic nitrogens is 4. The van der Waals surface area contributed by atoms with Crippen LogP contribution in [0.2, 0.25) is 10.2 Å². The maximum Gasteiger partial charge on any atom is 0.257 e. The van der Waals surface area contributed by atoms with Crippen LogP contribution in [0, 0.1) is 0 Å². The van der Waals surface area contributed by atoms with Gasteiger partial charge in [0.25, 0.3) is 11.5 Å². The third-order valence-electron chi connectivity index (χ3n) is 6.08. The summed E-state index contributed by atoms with van der Waals surface area (Å²) in [5.41, 5.74) is 1.66. The predicted molar refractivity (Wildman–Crippen MR) is 158 cm³/mol. The van der Waals surface area contributed by atoms with Crippen molar-refractivity contribution in [2.75, 3.05) is 55.8 Å². The van der Waals surface area contributed by atoms with Crippen molar-refractivity contribution in [1.29, 1.82) is 0 Å². The van der Waals surface area contributed by atoms with Crippen molar-refractivity contribution in [3.8, 4) is 11.1 Å². The summed E-state index contributed by atoms with van der Waals surface area (Å²) in [6.45, 7) is 6.94. The van der Waals surface area contributed by atoms with Gasteiger partial charge in [0.05, 0.1) is 0 Å². The molecule has 0 bridgehead atoms. The molecule has 12 heteroatoms. The van der Waals surface area contributed by atoms with Gasteiger partial charge in [-0.3, -0.25) is 9.59 Å². The Bertz CT molecular complexity index is 1550. The second-order valence-corrected chi connectivity index (χ2v) is 9.89. The van der Waals surface area contributed by atoms with Crippen LogP contribution in [0.3, 0.4) is 0 Å². The topological polar surface area (TPSA) is 119 Å². The zero-order chi connectivity index (χ0) is 28.1. The van der Waals surface area contributed by atoms with Crippen molar-refractivity contribution in [2.45, 2.75) is 13.8 Å². The van der Waals surface area contributed by atoms with Crippen molar-refractivity contribution in [2.24, 2.45) is 0 Å². The number of carbonyl (C=O) groups is 1. The number of hydrogen-bond acceptors (Lipinski definition) is 8. The maximum atomic E-state index is 13.1. The number of H-pyrrole nitrogens is 1. The molecule has 0 atom stereocenters. The smallest absolute Gasteiger partial charge is 0.257 e. The third kappa shape index (κ3) is 6.83. The summed E-state index contributed by atoms with van der Waals surface area (Å²) >= 11 is 12.7. The van der Waals surface area contributed by atoms with Gasteiger partial charge >= 0.3 is 0 Å². The van der Waals surface area contributed by atoms with Crippen molar-refractivity contribution in [1.82, 2.24) is 24.8 Å². The van der Waals surface area contributed by atoms with Crippen LogP contribution in [0.4, 0.5) is 17.5 Å². The highest BCUT2D eigenvalue weighted by Gasteiger charge is 2.16. The molecule has 10 nitrogen and oxygen atoms in total. The molecule has 204 valence electrons. The number of nitrogens with one attached hydrogen (secondary N) is 3. The van der Waals surface area contributed by atoms with E-state index in [1.807, 2.05) is 37.7 Å². The fourth-order valence-electron chi connectivity index (χ4n) is 4.01. The van der Waals surface area contributed by atoms with E-state index in [9.17, 15) is 9.59 Å². The average Bonchev–Trinajstić information content (AvgIpc) is 2.89. The fourth-order valence-corrected chi connectivity index (χ4v) is 4.43. The Morgan fingerprint density at radius 1 is 1.03 bits per heavy atom. The first-order valence-corrected chi connectivity index (χ1v) is 13.3. The highest BCUT2D eigenvalue weighted by atomic mass is 35.5. The van der Waals surface area contributed by atoms with Crippen molar-refractivity contribution in [3.05, 3.63) is 68.7 Å². The molecule has 4 rings (SSSR count). The third-order valence-corrected chi connectivity index (χ3v) is 6.60. The van der Waals surface area contributed by atoms with E-state index in [1.165, 1.54) is 6.07 Å². The summed E-state index contributed by atoms with van der Waals surface area (Å²) in [5.74, 6) is 0.683. The number of carbonyl (C=O) groups excluding carboxylic acids is 1. The number of rotatable bonds is 10. The quantitative estimate of drug-likeness (QED) is 0.234. The Labute approximate surface area is 236 Å². The van der Waals surface area contributed by atoms with E-state index < -0.39 is 0 Å². The Morgan fingerprint density at radius 3 is 2.51 bits per heavy atom. The number of amides is 1. The van der Waals surface area contributed by atoms with Crippen molar-refractivity contribution in [3.63, 3.8) is 0 Å². The molecule has 0 aliphatic heterocycles. The first kappa shape index (κ1) is 28.3. The number of benzene rings is 1. The molecule has 0 radical (unpaired) electrons. The largest absolute Gasteiger partial charge is 0.357 e. The SMILES string of the molecule is CCN(CC)c1cc(C(=O)Nc2ccc(Cl)c(-c3cc4cnc(NCCN(C)C)nc4[nH]c3=O)c2)cc(Cl)n1. The Hall–Kier alpha value is -3.73. The second-order valence-electron chi connectivity index (χ2n) is 9.10. The summed E-state index contributed by atoms with van der Waals surface area (Å²) in [4.78, 5) is 46.1. The highest BCUT2D eigenvalue weighted by Crippen LogP contribution is 2.30.